The number of benzene rings is 1. The number of primary amides is 1. The summed E-state index contributed by atoms with van der Waals surface area (Å²) < 4.78 is 1.82. The second-order valence-electron chi connectivity index (χ2n) is 7.77. The van der Waals surface area contributed by atoms with Crippen molar-refractivity contribution in [3.63, 3.8) is 0 Å². The van der Waals surface area contributed by atoms with Gasteiger partial charge in [-0.15, -0.1) is 0 Å². The molecule has 0 saturated heterocycles. The second kappa shape index (κ2) is 7.81. The number of nitrogens with zero attached hydrogens (tertiary/aromatic N) is 5. The van der Waals surface area contributed by atoms with E-state index in [-0.39, 0.29) is 0 Å². The number of imidazole rings is 1. The molecule has 0 fully saturated rings. The molecule has 1 aromatic carbocycles. The summed E-state index contributed by atoms with van der Waals surface area (Å²) in [7, 11) is 2.10. The fraction of sp³-hybridized carbons (Fsp3) is 0.217. The second-order valence-corrected chi connectivity index (χ2v) is 7.77. The Hall–Kier alpha value is -3.78. The van der Waals surface area contributed by atoms with Crippen LogP contribution in [0.25, 0.3) is 17.2 Å². The van der Waals surface area contributed by atoms with Gasteiger partial charge in [0.15, 0.2) is 11.6 Å². The third-order valence-electron chi connectivity index (χ3n) is 5.59. The van der Waals surface area contributed by atoms with Crippen molar-refractivity contribution in [3.8, 4) is 11.6 Å². The fourth-order valence-corrected chi connectivity index (χ4v) is 3.97. The number of anilines is 1. The van der Waals surface area contributed by atoms with Crippen LogP contribution in [0.2, 0.25) is 0 Å². The zero-order valence-electron chi connectivity index (χ0n) is 17.2. The van der Waals surface area contributed by atoms with Gasteiger partial charge in [0.2, 0.25) is 0 Å². The van der Waals surface area contributed by atoms with Crippen LogP contribution in [-0.2, 0) is 19.5 Å². The van der Waals surface area contributed by atoms with Crippen LogP contribution in [0, 0.1) is 0 Å². The molecule has 0 radical (unpaired) electrons. The van der Waals surface area contributed by atoms with Crippen LogP contribution in [0.3, 0.4) is 0 Å². The third-order valence-corrected chi connectivity index (χ3v) is 5.59. The Morgan fingerprint density at radius 1 is 1.16 bits per heavy atom. The summed E-state index contributed by atoms with van der Waals surface area (Å²) in [6, 6.07) is 13.7. The first-order valence-corrected chi connectivity index (χ1v) is 10.2. The molecular formula is C23H23N7O. The number of fused-ring (bicyclic) bond motifs is 2. The van der Waals surface area contributed by atoms with Gasteiger partial charge < -0.3 is 16.0 Å². The van der Waals surface area contributed by atoms with E-state index in [9.17, 15) is 4.79 Å². The lowest BCUT2D eigenvalue weighted by Crippen LogP contribution is -2.29. The number of hydrogen-bond acceptors (Lipinski definition) is 6. The maximum atomic E-state index is 11.8. The summed E-state index contributed by atoms with van der Waals surface area (Å²) in [5, 5.41) is 3.50. The van der Waals surface area contributed by atoms with E-state index in [1.54, 1.807) is 18.3 Å². The van der Waals surface area contributed by atoms with Gasteiger partial charge in [0.1, 0.15) is 5.82 Å². The topological polar surface area (TPSA) is 101 Å². The summed E-state index contributed by atoms with van der Waals surface area (Å²) >= 11 is 0. The molecule has 31 heavy (non-hydrogen) atoms. The number of amides is 1. The van der Waals surface area contributed by atoms with Crippen LogP contribution in [0.15, 0.2) is 54.9 Å². The minimum atomic E-state index is -0.489. The minimum absolute atomic E-state index is 0.420. The molecule has 3 N–H and O–H groups in total. The van der Waals surface area contributed by atoms with Gasteiger partial charge in [-0.2, -0.15) is 0 Å². The van der Waals surface area contributed by atoms with E-state index in [4.69, 9.17) is 15.7 Å². The fourth-order valence-electron chi connectivity index (χ4n) is 3.97. The molecule has 4 heterocycles. The van der Waals surface area contributed by atoms with E-state index >= 15 is 0 Å². The van der Waals surface area contributed by atoms with Crippen molar-refractivity contribution >= 4 is 17.2 Å². The molecule has 8 nitrogen and oxygen atoms in total. The van der Waals surface area contributed by atoms with E-state index in [2.05, 4.69) is 34.4 Å². The van der Waals surface area contributed by atoms with Crippen LogP contribution in [0.5, 0.6) is 0 Å². The largest absolute Gasteiger partial charge is 0.366 e. The van der Waals surface area contributed by atoms with E-state index < -0.39 is 5.91 Å². The average Bonchev–Trinajstić information content (AvgIpc) is 3.22. The van der Waals surface area contributed by atoms with E-state index in [0.29, 0.717) is 29.3 Å². The number of rotatable bonds is 5. The van der Waals surface area contributed by atoms with Crippen LogP contribution in [0.1, 0.15) is 27.2 Å². The maximum absolute atomic E-state index is 11.8. The van der Waals surface area contributed by atoms with Gasteiger partial charge in [0, 0.05) is 37.8 Å². The van der Waals surface area contributed by atoms with E-state index in [1.165, 1.54) is 5.56 Å². The van der Waals surface area contributed by atoms with E-state index in [0.717, 1.165) is 36.6 Å². The van der Waals surface area contributed by atoms with Crippen molar-refractivity contribution in [2.75, 3.05) is 18.9 Å². The van der Waals surface area contributed by atoms with Gasteiger partial charge >= 0.3 is 0 Å². The summed E-state index contributed by atoms with van der Waals surface area (Å²) in [5.41, 5.74) is 9.91. The van der Waals surface area contributed by atoms with Gasteiger partial charge in [-0.1, -0.05) is 30.3 Å². The molecule has 0 unspecified atom stereocenters. The number of nitrogens with one attached hydrogen (secondary N) is 1. The number of likely N-dealkylation sites (N-methyl/N-ethyl adjacent to an activating group) is 1. The van der Waals surface area contributed by atoms with Crippen molar-refractivity contribution in [2.24, 2.45) is 5.73 Å². The standard InChI is InChI=1S/C23H23N7O/c1-29-11-9-18-17(14-29)21(25-12-15-6-3-2-4-7-15)28-22(27-18)23-26-13-19-16(20(24)31)8-5-10-30(19)23/h2-8,10,13H,9,11-12,14H2,1H3,(H2,24,31)(H,25,27,28). The lowest BCUT2D eigenvalue weighted by Gasteiger charge is -2.26. The van der Waals surface area contributed by atoms with Gasteiger partial charge in [-0.05, 0) is 24.7 Å². The monoisotopic (exact) mass is 413 g/mol. The minimum Gasteiger partial charge on any atom is -0.366 e. The van der Waals surface area contributed by atoms with Gasteiger partial charge in [-0.25, -0.2) is 15.0 Å². The molecule has 0 atom stereocenters. The molecule has 156 valence electrons. The Bertz CT molecular complexity index is 1270. The first-order chi connectivity index (χ1) is 15.1. The molecule has 4 aromatic rings. The first kappa shape index (κ1) is 19.2. The summed E-state index contributed by atoms with van der Waals surface area (Å²) in [6.07, 6.45) is 4.33. The lowest BCUT2D eigenvalue weighted by molar-refractivity contribution is 0.100. The van der Waals surface area contributed by atoms with Crippen molar-refractivity contribution in [2.45, 2.75) is 19.5 Å². The van der Waals surface area contributed by atoms with E-state index in [1.807, 2.05) is 28.8 Å². The highest BCUT2D eigenvalue weighted by atomic mass is 16.1. The number of hydrogen-bond donors (Lipinski definition) is 2. The SMILES string of the molecule is CN1CCc2nc(-c3ncc4c(C(N)=O)cccn34)nc(NCc3ccccc3)c2C1. The Balaban J connectivity index is 1.59. The maximum Gasteiger partial charge on any atom is 0.250 e. The number of pyridine rings is 1. The zero-order valence-corrected chi connectivity index (χ0v) is 17.2. The zero-order chi connectivity index (χ0) is 21.4. The third kappa shape index (κ3) is 3.62. The number of aromatic nitrogens is 4. The number of nitrogens with two attached hydrogens (primary N) is 1. The Labute approximate surface area is 179 Å². The number of carbonyl (C=O) groups excluding carboxylic acids is 1. The molecular weight excluding hydrogens is 390 g/mol. The molecule has 1 aliphatic heterocycles. The van der Waals surface area contributed by atoms with Crippen molar-refractivity contribution in [1.82, 2.24) is 24.3 Å². The van der Waals surface area contributed by atoms with Crippen LogP contribution in [0.4, 0.5) is 5.82 Å². The normalized spacial score (nSPS) is 13.8. The molecule has 1 amide bonds. The highest BCUT2D eigenvalue weighted by Gasteiger charge is 2.23. The predicted molar refractivity (Wildman–Crippen MR) is 119 cm³/mol. The highest BCUT2D eigenvalue weighted by Crippen LogP contribution is 2.27. The molecule has 0 bridgehead atoms. The molecule has 0 saturated carbocycles. The summed E-state index contributed by atoms with van der Waals surface area (Å²) in [5.74, 6) is 1.44. The Kier molecular flexibility index (Phi) is 4.83. The van der Waals surface area contributed by atoms with Gasteiger partial charge in [-0.3, -0.25) is 9.20 Å². The average molecular weight is 413 g/mol. The Morgan fingerprint density at radius 3 is 2.81 bits per heavy atom. The number of carbonyl (C=O) groups is 1. The molecule has 8 heteroatoms. The molecule has 0 aliphatic carbocycles. The molecule has 3 aromatic heterocycles. The predicted octanol–water partition coefficient (Wildman–Crippen LogP) is 2.49. The Morgan fingerprint density at radius 2 is 2.00 bits per heavy atom. The summed E-state index contributed by atoms with van der Waals surface area (Å²) in [4.78, 5) is 28.3. The van der Waals surface area contributed by atoms with Crippen molar-refractivity contribution in [1.29, 1.82) is 0 Å². The summed E-state index contributed by atoms with van der Waals surface area (Å²) in [6.45, 7) is 2.40. The van der Waals surface area contributed by atoms with Crippen molar-refractivity contribution in [3.05, 3.63) is 77.2 Å². The van der Waals surface area contributed by atoms with Crippen molar-refractivity contribution < 1.29 is 4.79 Å². The lowest BCUT2D eigenvalue weighted by atomic mass is 10.1. The smallest absolute Gasteiger partial charge is 0.250 e. The van der Waals surface area contributed by atoms with Crippen LogP contribution in [-0.4, -0.2) is 43.8 Å². The molecule has 0 spiro atoms. The van der Waals surface area contributed by atoms with Crippen LogP contribution < -0.4 is 11.1 Å². The highest BCUT2D eigenvalue weighted by molar-refractivity contribution is 5.99. The molecule has 1 aliphatic rings. The van der Waals surface area contributed by atoms with Gasteiger partial charge in [0.05, 0.1) is 23.0 Å². The quantitative estimate of drug-likeness (QED) is 0.521. The van der Waals surface area contributed by atoms with Gasteiger partial charge in [0.25, 0.3) is 5.91 Å². The molecule has 5 rings (SSSR count). The first-order valence-electron chi connectivity index (χ1n) is 10.2. The van der Waals surface area contributed by atoms with Crippen LogP contribution >= 0.6 is 0 Å².